The number of hydrogen-bond donors (Lipinski definition) is 4. The third-order valence-electron chi connectivity index (χ3n) is 5.54. The lowest BCUT2D eigenvalue weighted by Gasteiger charge is -2.10. The van der Waals surface area contributed by atoms with E-state index in [9.17, 15) is 17.6 Å². The van der Waals surface area contributed by atoms with Crippen LogP contribution in [0.4, 0.5) is 21.6 Å². The van der Waals surface area contributed by atoms with Crippen molar-refractivity contribution in [1.29, 1.82) is 0 Å². The third kappa shape index (κ3) is 5.51. The molecule has 6 N–H and O–H groups in total. The molecule has 0 atom stereocenters. The molecular formula is C26H24FN5O3S. The second-order valence-corrected chi connectivity index (χ2v) is 10.2. The van der Waals surface area contributed by atoms with Crippen molar-refractivity contribution in [3.05, 3.63) is 101 Å². The number of nitrogen functional groups attached to an aromatic ring is 2. The van der Waals surface area contributed by atoms with Crippen molar-refractivity contribution >= 4 is 32.9 Å². The molecule has 4 rings (SSSR count). The fourth-order valence-electron chi connectivity index (χ4n) is 3.55. The Morgan fingerprint density at radius 3 is 2.31 bits per heavy atom. The van der Waals surface area contributed by atoms with Crippen LogP contribution >= 0.6 is 0 Å². The number of anilines is 3. The number of sulfone groups is 1. The summed E-state index contributed by atoms with van der Waals surface area (Å²) < 4.78 is 39.8. The van der Waals surface area contributed by atoms with Crippen molar-refractivity contribution in [3.63, 3.8) is 0 Å². The number of hydrogen-bond acceptors (Lipinski definition) is 7. The zero-order valence-corrected chi connectivity index (χ0v) is 20.1. The predicted octanol–water partition coefficient (Wildman–Crippen LogP) is 4.29. The summed E-state index contributed by atoms with van der Waals surface area (Å²) in [6.45, 7) is 1.88. The third-order valence-corrected chi connectivity index (χ3v) is 7.24. The highest BCUT2D eigenvalue weighted by molar-refractivity contribution is 7.90. The molecule has 0 bridgehead atoms. The van der Waals surface area contributed by atoms with Crippen LogP contribution in [0.2, 0.25) is 0 Å². The number of amides is 1. The van der Waals surface area contributed by atoms with Gasteiger partial charge in [-0.15, -0.1) is 0 Å². The number of nitrogens with one attached hydrogen (secondary N) is 2. The van der Waals surface area contributed by atoms with E-state index in [-0.39, 0.29) is 22.0 Å². The summed E-state index contributed by atoms with van der Waals surface area (Å²) in [5.74, 6) is 3.97. The Bertz CT molecular complexity index is 1520. The van der Waals surface area contributed by atoms with Gasteiger partial charge in [-0.25, -0.2) is 17.8 Å². The van der Waals surface area contributed by atoms with Gasteiger partial charge in [-0.1, -0.05) is 29.8 Å². The molecule has 0 fully saturated rings. The van der Waals surface area contributed by atoms with Gasteiger partial charge in [-0.05, 0) is 67.1 Å². The predicted molar refractivity (Wildman–Crippen MR) is 138 cm³/mol. The molecule has 4 aromatic rings. The van der Waals surface area contributed by atoms with Gasteiger partial charge in [0.15, 0.2) is 9.84 Å². The highest BCUT2D eigenvalue weighted by Crippen LogP contribution is 2.25. The first-order valence-corrected chi connectivity index (χ1v) is 12.5. The van der Waals surface area contributed by atoms with Crippen molar-refractivity contribution in [2.75, 3.05) is 16.5 Å². The molecule has 1 aromatic heterocycles. The number of carbonyl (C=O) groups is 1. The first-order valence-electron chi connectivity index (χ1n) is 10.9. The summed E-state index contributed by atoms with van der Waals surface area (Å²) >= 11 is 0. The zero-order valence-electron chi connectivity index (χ0n) is 19.3. The maximum Gasteiger partial charge on any atom is 0.258 e. The smallest absolute Gasteiger partial charge is 0.258 e. The quantitative estimate of drug-likeness (QED) is 0.217. The minimum absolute atomic E-state index is 0.162. The summed E-state index contributed by atoms with van der Waals surface area (Å²) in [4.78, 5) is 17.3. The van der Waals surface area contributed by atoms with E-state index in [2.05, 4.69) is 15.7 Å². The van der Waals surface area contributed by atoms with Gasteiger partial charge >= 0.3 is 0 Å². The van der Waals surface area contributed by atoms with Crippen LogP contribution in [-0.2, 0) is 15.6 Å². The molecule has 1 amide bonds. The molecule has 3 aromatic carbocycles. The summed E-state index contributed by atoms with van der Waals surface area (Å²) in [6, 6.07) is 20.3. The molecule has 1 heterocycles. The number of hydrazine groups is 1. The fourth-order valence-corrected chi connectivity index (χ4v) is 4.90. The van der Waals surface area contributed by atoms with Crippen LogP contribution in [0.15, 0.2) is 83.8 Å². The van der Waals surface area contributed by atoms with Crippen molar-refractivity contribution < 1.29 is 17.6 Å². The van der Waals surface area contributed by atoms with Crippen LogP contribution in [0.3, 0.4) is 0 Å². The number of halogens is 1. The monoisotopic (exact) mass is 505 g/mol. The van der Waals surface area contributed by atoms with Gasteiger partial charge in [0.05, 0.1) is 27.6 Å². The molecule has 0 radical (unpaired) electrons. The molecule has 0 saturated carbocycles. The Balaban J connectivity index is 1.49. The molecule has 0 aliphatic rings. The van der Waals surface area contributed by atoms with Gasteiger partial charge in [-0.3, -0.25) is 10.6 Å². The van der Waals surface area contributed by atoms with E-state index >= 15 is 0 Å². The molecule has 0 aliphatic carbocycles. The minimum Gasteiger partial charge on any atom is -0.382 e. The summed E-state index contributed by atoms with van der Waals surface area (Å²) in [5, 5.41) is 2.64. The van der Waals surface area contributed by atoms with Gasteiger partial charge in [0.2, 0.25) is 0 Å². The summed E-state index contributed by atoms with van der Waals surface area (Å²) in [7, 11) is -3.52. The van der Waals surface area contributed by atoms with Crippen LogP contribution in [0, 0.1) is 12.7 Å². The first kappa shape index (κ1) is 24.8. The molecular weight excluding hydrogens is 481 g/mol. The van der Waals surface area contributed by atoms with Gasteiger partial charge in [0.25, 0.3) is 5.91 Å². The van der Waals surface area contributed by atoms with Crippen LogP contribution in [0.1, 0.15) is 21.5 Å². The Kier molecular flexibility index (Phi) is 7.00. The van der Waals surface area contributed by atoms with Gasteiger partial charge in [0.1, 0.15) is 11.6 Å². The van der Waals surface area contributed by atoms with Crippen molar-refractivity contribution in [2.45, 2.75) is 17.6 Å². The van der Waals surface area contributed by atoms with Crippen molar-refractivity contribution in [3.8, 4) is 11.3 Å². The highest BCUT2D eigenvalue weighted by atomic mass is 32.2. The fraction of sp³-hybridized carbons (Fsp3) is 0.0769. The number of benzene rings is 3. The lowest BCUT2D eigenvalue weighted by Crippen LogP contribution is -2.14. The molecule has 10 heteroatoms. The highest BCUT2D eigenvalue weighted by Gasteiger charge is 2.17. The molecule has 0 unspecified atom stereocenters. The molecule has 36 heavy (non-hydrogen) atoms. The maximum atomic E-state index is 14.5. The van der Waals surface area contributed by atoms with E-state index in [0.29, 0.717) is 28.2 Å². The normalized spacial score (nSPS) is 11.2. The Morgan fingerprint density at radius 2 is 1.67 bits per heavy atom. The molecule has 0 saturated heterocycles. The van der Waals surface area contributed by atoms with E-state index in [1.807, 2.05) is 6.92 Å². The number of aryl methyl sites for hydroxylation is 1. The SMILES string of the molecule is Cc1ccc(S(=O)(=O)Cc2ccc(NC(=O)c3cc(-c4ccc(NN)c(N)n4)ccc3F)cc2)cc1. The topological polar surface area (TPSA) is 140 Å². The number of aromatic nitrogens is 1. The maximum absolute atomic E-state index is 14.5. The van der Waals surface area contributed by atoms with Crippen molar-refractivity contribution in [1.82, 2.24) is 4.98 Å². The van der Waals surface area contributed by atoms with Gasteiger partial charge in [-0.2, -0.15) is 0 Å². The summed E-state index contributed by atoms with van der Waals surface area (Å²) in [5.41, 5.74) is 11.4. The number of nitrogens with zero attached hydrogens (tertiary/aromatic N) is 1. The van der Waals surface area contributed by atoms with E-state index in [0.717, 1.165) is 5.56 Å². The van der Waals surface area contributed by atoms with E-state index in [1.54, 1.807) is 60.7 Å². The molecule has 8 nitrogen and oxygen atoms in total. The lowest BCUT2D eigenvalue weighted by atomic mass is 10.1. The molecule has 0 aliphatic heterocycles. The largest absolute Gasteiger partial charge is 0.382 e. The van der Waals surface area contributed by atoms with Crippen LogP contribution in [-0.4, -0.2) is 19.3 Å². The van der Waals surface area contributed by atoms with Crippen LogP contribution in [0.5, 0.6) is 0 Å². The number of pyridine rings is 1. The number of nitrogens with two attached hydrogens (primary N) is 2. The van der Waals surface area contributed by atoms with E-state index < -0.39 is 21.6 Å². The average molecular weight is 506 g/mol. The number of carbonyl (C=O) groups excluding carboxylic acids is 1. The van der Waals surface area contributed by atoms with Crippen LogP contribution < -0.4 is 22.3 Å². The number of rotatable bonds is 7. The average Bonchev–Trinajstić information content (AvgIpc) is 2.85. The summed E-state index contributed by atoms with van der Waals surface area (Å²) in [6.07, 6.45) is 0. The zero-order chi connectivity index (χ0) is 25.9. The van der Waals surface area contributed by atoms with E-state index in [1.165, 1.54) is 18.2 Å². The van der Waals surface area contributed by atoms with E-state index in [4.69, 9.17) is 11.6 Å². The van der Waals surface area contributed by atoms with Gasteiger partial charge < -0.3 is 16.5 Å². The molecule has 0 spiro atoms. The Labute approximate surface area is 208 Å². The van der Waals surface area contributed by atoms with Crippen molar-refractivity contribution in [2.24, 2.45) is 5.84 Å². The van der Waals surface area contributed by atoms with Crippen LogP contribution in [0.25, 0.3) is 11.3 Å². The second kappa shape index (κ2) is 10.1. The standard InChI is InChI=1S/C26H24FN5O3S/c1-16-2-9-20(10-3-16)36(34,35)15-17-4-7-19(8-5-17)30-26(33)21-14-18(6-11-22(21)27)23-12-13-24(32-29)25(28)31-23/h2-14,32H,15,29H2,1H3,(H2,28,31)(H,30,33). The lowest BCUT2D eigenvalue weighted by molar-refractivity contribution is 0.102. The van der Waals surface area contributed by atoms with Gasteiger partial charge in [0, 0.05) is 11.3 Å². The minimum atomic E-state index is -3.52. The second-order valence-electron chi connectivity index (χ2n) is 8.19. The Hall–Kier alpha value is -4.28. The Morgan fingerprint density at radius 1 is 0.972 bits per heavy atom. The molecule has 184 valence electrons. The first-order chi connectivity index (χ1) is 17.2.